The van der Waals surface area contributed by atoms with Gasteiger partial charge in [-0.15, -0.1) is 0 Å². The Morgan fingerprint density at radius 1 is 1.19 bits per heavy atom. The van der Waals surface area contributed by atoms with E-state index in [0.717, 1.165) is 4.47 Å². The molecule has 2 atom stereocenters. The summed E-state index contributed by atoms with van der Waals surface area (Å²) in [5.74, 6) is -3.91. The van der Waals surface area contributed by atoms with Crippen LogP contribution in [0.4, 0.5) is 0 Å². The number of nitro groups is 1. The number of halogens is 1. The third-order valence-electron chi connectivity index (χ3n) is 4.58. The van der Waals surface area contributed by atoms with Gasteiger partial charge in [-0.3, -0.25) is 19.7 Å². The molecule has 0 saturated heterocycles. The van der Waals surface area contributed by atoms with Gasteiger partial charge in [-0.05, 0) is 38.5 Å². The maximum atomic E-state index is 12.7. The predicted octanol–water partition coefficient (Wildman–Crippen LogP) is 2.67. The average molecular weight is 444 g/mol. The minimum Gasteiger partial charge on any atom is -0.299 e. The molecule has 140 valence electrons. The summed E-state index contributed by atoms with van der Waals surface area (Å²) in [6.45, 7) is 3.83. The molecule has 1 aliphatic rings. The van der Waals surface area contributed by atoms with Crippen LogP contribution in [0, 0.1) is 16.0 Å². The van der Waals surface area contributed by atoms with Crippen LogP contribution in [0.3, 0.4) is 0 Å². The van der Waals surface area contributed by atoms with Crippen molar-refractivity contribution in [2.45, 2.75) is 32.7 Å². The van der Waals surface area contributed by atoms with E-state index < -0.39 is 50.0 Å². The number of ketones is 2. The van der Waals surface area contributed by atoms with Crippen molar-refractivity contribution < 1.29 is 22.9 Å². The van der Waals surface area contributed by atoms with Crippen LogP contribution in [0.25, 0.3) is 0 Å². The Balaban J connectivity index is 2.79. The first kappa shape index (κ1) is 20.4. The largest absolute Gasteiger partial charge is 0.299 e. The molecule has 1 aromatic carbocycles. The summed E-state index contributed by atoms with van der Waals surface area (Å²) >= 11 is 3.28. The highest BCUT2D eigenvalue weighted by Gasteiger charge is 2.49. The van der Waals surface area contributed by atoms with E-state index in [9.17, 15) is 28.1 Å². The minimum atomic E-state index is -3.98. The molecule has 0 aromatic heterocycles. The van der Waals surface area contributed by atoms with E-state index in [1.54, 1.807) is 24.3 Å². The number of hydrogen-bond acceptors (Lipinski definition) is 6. The number of carbonyl (C=O) groups is 2. The molecular weight excluding hydrogens is 426 g/mol. The van der Waals surface area contributed by atoms with Gasteiger partial charge in [0.05, 0.1) is 10.8 Å². The Morgan fingerprint density at radius 3 is 2.08 bits per heavy atom. The molecule has 1 aromatic rings. The van der Waals surface area contributed by atoms with Crippen LogP contribution in [-0.4, -0.2) is 36.7 Å². The second-order valence-corrected chi connectivity index (χ2v) is 9.28. The molecule has 0 fully saturated rings. The standard InChI is InChI=1S/C17H18BrNO6S/c1-9-14(19(22)23)8-26(24,25)17(9)16(15(10(2)20)11(3)21)12-4-6-13(18)7-5-12/h4-7,14-16H,8H2,1-3H3. The zero-order valence-corrected chi connectivity index (χ0v) is 16.8. The fraction of sp³-hybridized carbons (Fsp3) is 0.412. The zero-order chi connectivity index (χ0) is 19.8. The normalized spacial score (nSPS) is 20.3. The number of Topliss-reactive ketones (excluding diaryl/α,β-unsaturated/α-hetero) is 2. The summed E-state index contributed by atoms with van der Waals surface area (Å²) in [7, 11) is -3.98. The molecule has 0 bridgehead atoms. The average Bonchev–Trinajstić information content (AvgIpc) is 2.75. The van der Waals surface area contributed by atoms with Crippen molar-refractivity contribution in [1.29, 1.82) is 0 Å². The number of hydrogen-bond donors (Lipinski definition) is 0. The van der Waals surface area contributed by atoms with E-state index in [1.165, 1.54) is 20.8 Å². The fourth-order valence-electron chi connectivity index (χ4n) is 3.41. The third-order valence-corrected chi connectivity index (χ3v) is 7.11. The van der Waals surface area contributed by atoms with Crippen molar-refractivity contribution in [2.24, 2.45) is 5.92 Å². The summed E-state index contributed by atoms with van der Waals surface area (Å²) in [4.78, 5) is 34.8. The van der Waals surface area contributed by atoms with Crippen molar-refractivity contribution in [3.63, 3.8) is 0 Å². The van der Waals surface area contributed by atoms with Gasteiger partial charge in [0, 0.05) is 20.9 Å². The lowest BCUT2D eigenvalue weighted by Crippen LogP contribution is -2.30. The molecular formula is C17H18BrNO6S. The molecule has 0 aliphatic carbocycles. The molecule has 7 nitrogen and oxygen atoms in total. The van der Waals surface area contributed by atoms with E-state index in [2.05, 4.69) is 15.9 Å². The van der Waals surface area contributed by atoms with Crippen LogP contribution in [0.2, 0.25) is 0 Å². The molecule has 26 heavy (non-hydrogen) atoms. The van der Waals surface area contributed by atoms with Crippen molar-refractivity contribution in [2.75, 3.05) is 5.75 Å². The molecule has 9 heteroatoms. The first-order valence-electron chi connectivity index (χ1n) is 7.80. The van der Waals surface area contributed by atoms with Crippen molar-refractivity contribution >= 4 is 37.3 Å². The van der Waals surface area contributed by atoms with Crippen LogP contribution in [0.1, 0.15) is 32.3 Å². The highest BCUT2D eigenvalue weighted by molar-refractivity contribution is 9.10. The number of sulfone groups is 1. The molecule has 0 amide bonds. The summed E-state index contributed by atoms with van der Waals surface area (Å²) in [6.07, 6.45) is 0. The van der Waals surface area contributed by atoms with Gasteiger partial charge in [-0.1, -0.05) is 28.1 Å². The summed E-state index contributed by atoms with van der Waals surface area (Å²) in [6, 6.07) is 5.20. The van der Waals surface area contributed by atoms with Gasteiger partial charge in [0.15, 0.2) is 9.84 Å². The van der Waals surface area contributed by atoms with Gasteiger partial charge in [-0.25, -0.2) is 8.42 Å². The van der Waals surface area contributed by atoms with E-state index in [0.29, 0.717) is 5.56 Å². The molecule has 0 spiro atoms. The first-order chi connectivity index (χ1) is 12.0. The second-order valence-electron chi connectivity index (χ2n) is 6.36. The zero-order valence-electron chi connectivity index (χ0n) is 14.4. The van der Waals surface area contributed by atoms with E-state index in [1.807, 2.05) is 0 Å². The maximum absolute atomic E-state index is 12.7. The van der Waals surface area contributed by atoms with Gasteiger partial charge in [0.25, 0.3) is 0 Å². The van der Waals surface area contributed by atoms with Crippen molar-refractivity contribution in [3.8, 4) is 0 Å². The highest BCUT2D eigenvalue weighted by Crippen LogP contribution is 2.43. The molecule has 2 rings (SSSR count). The lowest BCUT2D eigenvalue weighted by molar-refractivity contribution is -0.505. The first-order valence-corrected chi connectivity index (χ1v) is 10.2. The Bertz CT molecular complexity index is 890. The van der Waals surface area contributed by atoms with Gasteiger partial charge in [0.1, 0.15) is 17.3 Å². The Labute approximate surface area is 159 Å². The number of benzene rings is 1. The van der Waals surface area contributed by atoms with E-state index in [-0.39, 0.29) is 10.5 Å². The SMILES string of the molecule is CC(=O)C(C(C)=O)C(C1=C(C)C([N+](=O)[O-])CS1(=O)=O)c1ccc(Br)cc1. The monoisotopic (exact) mass is 443 g/mol. The number of carbonyl (C=O) groups excluding carboxylic acids is 2. The van der Waals surface area contributed by atoms with Crippen molar-refractivity contribution in [1.82, 2.24) is 0 Å². The topological polar surface area (TPSA) is 111 Å². The lowest BCUT2D eigenvalue weighted by Gasteiger charge is -2.25. The van der Waals surface area contributed by atoms with Crippen LogP contribution < -0.4 is 0 Å². The van der Waals surface area contributed by atoms with Crippen molar-refractivity contribution in [3.05, 3.63) is 54.9 Å². The predicted molar refractivity (Wildman–Crippen MR) is 99.0 cm³/mol. The van der Waals surface area contributed by atoms with Crippen LogP contribution in [0.5, 0.6) is 0 Å². The van der Waals surface area contributed by atoms with Gasteiger partial charge < -0.3 is 0 Å². The van der Waals surface area contributed by atoms with Gasteiger partial charge in [-0.2, -0.15) is 0 Å². The number of rotatable bonds is 6. The Morgan fingerprint density at radius 2 is 1.69 bits per heavy atom. The molecule has 2 unspecified atom stereocenters. The van der Waals surface area contributed by atoms with Gasteiger partial charge >= 0.3 is 0 Å². The van der Waals surface area contributed by atoms with Crippen LogP contribution >= 0.6 is 15.9 Å². The van der Waals surface area contributed by atoms with Gasteiger partial charge in [0.2, 0.25) is 6.04 Å². The summed E-state index contributed by atoms with van der Waals surface area (Å²) < 4.78 is 26.2. The Hall–Kier alpha value is -1.87. The maximum Gasteiger partial charge on any atom is 0.249 e. The quantitative estimate of drug-likeness (QED) is 0.379. The fourth-order valence-corrected chi connectivity index (χ4v) is 5.93. The molecule has 0 saturated carbocycles. The van der Waals surface area contributed by atoms with Crippen LogP contribution in [0.15, 0.2) is 39.2 Å². The lowest BCUT2D eigenvalue weighted by atomic mass is 9.79. The van der Waals surface area contributed by atoms with Crippen LogP contribution in [-0.2, 0) is 19.4 Å². The third kappa shape index (κ3) is 3.78. The Kier molecular flexibility index (Phi) is 5.82. The smallest absolute Gasteiger partial charge is 0.249 e. The summed E-state index contributed by atoms with van der Waals surface area (Å²) in [5, 5.41) is 11.3. The summed E-state index contributed by atoms with van der Waals surface area (Å²) in [5.41, 5.74) is 0.529. The van der Waals surface area contributed by atoms with E-state index >= 15 is 0 Å². The molecule has 1 aliphatic heterocycles. The number of nitrogens with zero attached hydrogens (tertiary/aromatic N) is 1. The van der Waals surface area contributed by atoms with E-state index in [4.69, 9.17) is 0 Å². The molecule has 0 N–H and O–H groups in total. The minimum absolute atomic E-state index is 0.0791. The highest BCUT2D eigenvalue weighted by atomic mass is 79.9. The molecule has 0 radical (unpaired) electrons. The molecule has 1 heterocycles. The second kappa shape index (κ2) is 7.40. The number of allylic oxidation sites excluding steroid dienone is 1.